The van der Waals surface area contributed by atoms with Crippen LogP contribution >= 0.6 is 0 Å². The summed E-state index contributed by atoms with van der Waals surface area (Å²) in [7, 11) is 0. The first-order chi connectivity index (χ1) is 15.1. The van der Waals surface area contributed by atoms with Crippen molar-refractivity contribution in [3.05, 3.63) is 113 Å². The number of hydrogen-bond donors (Lipinski definition) is 0. The van der Waals surface area contributed by atoms with Gasteiger partial charge in [-0.25, -0.2) is 8.78 Å². The Morgan fingerprint density at radius 1 is 0.935 bits per heavy atom. The predicted octanol–water partition coefficient (Wildman–Crippen LogP) is 6.09. The Kier molecular flexibility index (Phi) is 5.98. The van der Waals surface area contributed by atoms with Gasteiger partial charge in [0.25, 0.3) is 0 Å². The van der Waals surface area contributed by atoms with Gasteiger partial charge < -0.3 is 9.26 Å². The molecule has 4 aromatic rings. The zero-order valence-corrected chi connectivity index (χ0v) is 16.3. The van der Waals surface area contributed by atoms with Crippen LogP contribution in [-0.4, -0.2) is 10.9 Å². The van der Waals surface area contributed by atoms with Crippen molar-refractivity contribution in [3.63, 3.8) is 0 Å². The second kappa shape index (κ2) is 9.17. The van der Waals surface area contributed by atoms with Crippen LogP contribution in [0.1, 0.15) is 21.7 Å². The van der Waals surface area contributed by atoms with Crippen LogP contribution in [0.15, 0.2) is 89.5 Å². The van der Waals surface area contributed by atoms with Crippen molar-refractivity contribution in [2.75, 3.05) is 0 Å². The molecule has 1 heterocycles. The highest BCUT2D eigenvalue weighted by molar-refractivity contribution is 6.06. The molecule has 4 nitrogen and oxygen atoms in total. The first-order valence-corrected chi connectivity index (χ1v) is 9.50. The van der Waals surface area contributed by atoms with Crippen LogP contribution in [0.3, 0.4) is 0 Å². The summed E-state index contributed by atoms with van der Waals surface area (Å²) in [6.45, 7) is 0.0951. The minimum Gasteiger partial charge on any atom is -0.486 e. The number of ether oxygens (including phenoxy) is 1. The van der Waals surface area contributed by atoms with Gasteiger partial charge in [0.1, 0.15) is 18.1 Å². The summed E-state index contributed by atoms with van der Waals surface area (Å²) in [5.41, 5.74) is 2.27. The van der Waals surface area contributed by atoms with Gasteiger partial charge in [-0.2, -0.15) is 0 Å². The first kappa shape index (κ1) is 20.2. The molecule has 0 saturated heterocycles. The Morgan fingerprint density at radius 2 is 1.71 bits per heavy atom. The van der Waals surface area contributed by atoms with Crippen molar-refractivity contribution in [2.45, 2.75) is 6.61 Å². The fraction of sp³-hybridized carbons (Fsp3) is 0.0400. The molecule has 0 fully saturated rings. The van der Waals surface area contributed by atoms with Gasteiger partial charge in [0.2, 0.25) is 0 Å². The molecular weight excluding hydrogens is 400 g/mol. The molecule has 0 aliphatic heterocycles. The molecule has 31 heavy (non-hydrogen) atoms. The van der Waals surface area contributed by atoms with Crippen molar-refractivity contribution in [1.29, 1.82) is 0 Å². The average molecular weight is 417 g/mol. The van der Waals surface area contributed by atoms with E-state index in [1.807, 2.05) is 30.3 Å². The standard InChI is InChI=1S/C25H17F2NO3/c26-22-12-9-19(14-23(22)27)24-15-21(31-28-24)16-30-20-10-7-18(8-11-20)25(29)13-6-17-4-2-1-3-5-17/h1-15H,16H2. The highest BCUT2D eigenvalue weighted by Gasteiger charge is 2.10. The van der Waals surface area contributed by atoms with Crippen molar-refractivity contribution >= 4 is 11.9 Å². The van der Waals surface area contributed by atoms with Crippen LogP contribution in [0.5, 0.6) is 5.75 Å². The van der Waals surface area contributed by atoms with E-state index in [0.717, 1.165) is 17.7 Å². The molecule has 3 aromatic carbocycles. The molecule has 0 saturated carbocycles. The Labute approximate surface area is 177 Å². The number of aromatic nitrogens is 1. The summed E-state index contributed by atoms with van der Waals surface area (Å²) in [5, 5.41) is 3.86. The van der Waals surface area contributed by atoms with Crippen LogP contribution in [0, 0.1) is 11.6 Å². The third kappa shape index (κ3) is 5.11. The molecule has 0 aliphatic rings. The highest BCUT2D eigenvalue weighted by Crippen LogP contribution is 2.22. The average Bonchev–Trinajstić information content (AvgIpc) is 3.28. The van der Waals surface area contributed by atoms with E-state index in [1.165, 1.54) is 12.1 Å². The molecule has 0 radical (unpaired) electrons. The van der Waals surface area contributed by atoms with Gasteiger partial charge in [0, 0.05) is 17.2 Å². The lowest BCUT2D eigenvalue weighted by atomic mass is 10.1. The molecule has 0 N–H and O–H groups in total. The Hall–Kier alpha value is -4.06. The lowest BCUT2D eigenvalue weighted by Crippen LogP contribution is -1.96. The molecule has 6 heteroatoms. The minimum atomic E-state index is -0.952. The fourth-order valence-corrected chi connectivity index (χ4v) is 2.87. The van der Waals surface area contributed by atoms with Gasteiger partial charge in [-0.1, -0.05) is 41.6 Å². The molecule has 0 amide bonds. The summed E-state index contributed by atoms with van der Waals surface area (Å²) < 4.78 is 37.3. The normalized spacial score (nSPS) is 11.0. The molecule has 0 atom stereocenters. The van der Waals surface area contributed by atoms with Gasteiger partial charge in [-0.15, -0.1) is 0 Å². The van der Waals surface area contributed by atoms with E-state index < -0.39 is 11.6 Å². The van der Waals surface area contributed by atoms with E-state index in [4.69, 9.17) is 9.26 Å². The summed E-state index contributed by atoms with van der Waals surface area (Å²) in [4.78, 5) is 12.3. The Morgan fingerprint density at radius 3 is 2.45 bits per heavy atom. The van der Waals surface area contributed by atoms with Gasteiger partial charge in [-0.05, 0) is 54.1 Å². The monoisotopic (exact) mass is 417 g/mol. The van der Waals surface area contributed by atoms with Crippen molar-refractivity contribution in [3.8, 4) is 17.0 Å². The fourth-order valence-electron chi connectivity index (χ4n) is 2.87. The summed E-state index contributed by atoms with van der Waals surface area (Å²) in [5.74, 6) is -1.01. The zero-order chi connectivity index (χ0) is 21.6. The summed E-state index contributed by atoms with van der Waals surface area (Å²) in [6, 6.07) is 21.4. The topological polar surface area (TPSA) is 52.3 Å². The minimum absolute atomic E-state index is 0.0951. The van der Waals surface area contributed by atoms with Crippen LogP contribution in [-0.2, 0) is 6.61 Å². The quantitative estimate of drug-likeness (QED) is 0.270. The van der Waals surface area contributed by atoms with E-state index in [2.05, 4.69) is 5.16 Å². The smallest absolute Gasteiger partial charge is 0.185 e. The van der Waals surface area contributed by atoms with Crippen molar-refractivity contribution < 1.29 is 22.8 Å². The molecule has 1 aromatic heterocycles. The van der Waals surface area contributed by atoms with E-state index in [9.17, 15) is 13.6 Å². The van der Waals surface area contributed by atoms with Crippen LogP contribution in [0.25, 0.3) is 17.3 Å². The number of carbonyl (C=O) groups is 1. The number of allylic oxidation sites excluding steroid dienone is 1. The predicted molar refractivity (Wildman–Crippen MR) is 112 cm³/mol. The first-order valence-electron chi connectivity index (χ1n) is 9.50. The third-order valence-electron chi connectivity index (χ3n) is 4.52. The van der Waals surface area contributed by atoms with Gasteiger partial charge in [0.15, 0.2) is 23.2 Å². The second-order valence-electron chi connectivity index (χ2n) is 6.73. The maximum absolute atomic E-state index is 13.4. The Balaban J connectivity index is 1.35. The number of halogens is 2. The summed E-state index contributed by atoms with van der Waals surface area (Å²) in [6.07, 6.45) is 3.29. The largest absolute Gasteiger partial charge is 0.486 e. The maximum atomic E-state index is 13.4. The van der Waals surface area contributed by atoms with E-state index in [-0.39, 0.29) is 12.4 Å². The molecule has 0 spiro atoms. The van der Waals surface area contributed by atoms with E-state index in [1.54, 1.807) is 36.4 Å². The second-order valence-corrected chi connectivity index (χ2v) is 6.73. The molecule has 0 bridgehead atoms. The van der Waals surface area contributed by atoms with Gasteiger partial charge in [-0.3, -0.25) is 4.79 Å². The van der Waals surface area contributed by atoms with E-state index in [0.29, 0.717) is 28.3 Å². The van der Waals surface area contributed by atoms with Crippen LogP contribution in [0.2, 0.25) is 0 Å². The third-order valence-corrected chi connectivity index (χ3v) is 4.52. The van der Waals surface area contributed by atoms with Crippen molar-refractivity contribution in [2.24, 2.45) is 0 Å². The summed E-state index contributed by atoms with van der Waals surface area (Å²) >= 11 is 0. The number of benzene rings is 3. The number of ketones is 1. The number of nitrogens with zero attached hydrogens (tertiary/aromatic N) is 1. The Bertz CT molecular complexity index is 1220. The number of rotatable bonds is 7. The molecule has 154 valence electrons. The SMILES string of the molecule is O=C(C=Cc1ccccc1)c1ccc(OCc2cc(-c3ccc(F)c(F)c3)no2)cc1. The van der Waals surface area contributed by atoms with Crippen LogP contribution in [0.4, 0.5) is 8.78 Å². The lowest BCUT2D eigenvalue weighted by Gasteiger charge is -2.04. The van der Waals surface area contributed by atoms with Gasteiger partial charge in [0.05, 0.1) is 0 Å². The maximum Gasteiger partial charge on any atom is 0.185 e. The molecule has 0 aliphatic carbocycles. The van der Waals surface area contributed by atoms with E-state index >= 15 is 0 Å². The lowest BCUT2D eigenvalue weighted by molar-refractivity contribution is 0.104. The number of carbonyl (C=O) groups excluding carboxylic acids is 1. The highest BCUT2D eigenvalue weighted by atomic mass is 19.2. The van der Waals surface area contributed by atoms with Crippen molar-refractivity contribution in [1.82, 2.24) is 5.16 Å². The van der Waals surface area contributed by atoms with Crippen LogP contribution < -0.4 is 4.74 Å². The van der Waals surface area contributed by atoms with Gasteiger partial charge >= 0.3 is 0 Å². The molecule has 0 unspecified atom stereocenters. The molecular formula is C25H17F2NO3. The number of hydrogen-bond acceptors (Lipinski definition) is 4. The zero-order valence-electron chi connectivity index (χ0n) is 16.3. The molecule has 4 rings (SSSR count).